The summed E-state index contributed by atoms with van der Waals surface area (Å²) in [7, 11) is 0. The summed E-state index contributed by atoms with van der Waals surface area (Å²) in [6.07, 6.45) is 9.91. The number of fused-ring (bicyclic) bond motifs is 1. The number of rotatable bonds is 3. The van der Waals surface area contributed by atoms with Gasteiger partial charge in [-0.25, -0.2) is 4.79 Å². The molecule has 4 heteroatoms. The fraction of sp³-hybridized carbons (Fsp3) is 0.300. The van der Waals surface area contributed by atoms with Gasteiger partial charge in [-0.15, -0.1) is 0 Å². The fourth-order valence-electron chi connectivity index (χ4n) is 3.68. The van der Waals surface area contributed by atoms with Gasteiger partial charge in [0.1, 0.15) is 0 Å². The van der Waals surface area contributed by atoms with E-state index in [0.717, 1.165) is 34.7 Å². The third kappa shape index (κ3) is 2.68. The monoisotopic (exact) mass is 320 g/mol. The molecule has 0 radical (unpaired) electrons. The van der Waals surface area contributed by atoms with Crippen LogP contribution >= 0.6 is 0 Å². The number of hydrogen-bond donors (Lipinski definition) is 1. The molecule has 1 fully saturated rings. The van der Waals surface area contributed by atoms with E-state index in [1.54, 1.807) is 12.3 Å². The first-order valence-corrected chi connectivity index (χ1v) is 8.53. The molecule has 0 bridgehead atoms. The molecular formula is C20H20N2O2. The van der Waals surface area contributed by atoms with Gasteiger partial charge in [0, 0.05) is 11.8 Å². The number of carboxylic acids is 1. The highest BCUT2D eigenvalue weighted by Gasteiger charge is 2.19. The Hall–Kier alpha value is -2.62. The quantitative estimate of drug-likeness (QED) is 0.746. The maximum Gasteiger partial charge on any atom is 0.336 e. The lowest BCUT2D eigenvalue weighted by Gasteiger charge is -2.21. The van der Waals surface area contributed by atoms with Gasteiger partial charge in [-0.2, -0.15) is 5.10 Å². The highest BCUT2D eigenvalue weighted by Crippen LogP contribution is 2.32. The van der Waals surface area contributed by atoms with Gasteiger partial charge in [0.2, 0.25) is 0 Å². The predicted molar refractivity (Wildman–Crippen MR) is 94.3 cm³/mol. The number of carbonyl (C=O) groups is 1. The van der Waals surface area contributed by atoms with Crippen LogP contribution in [0.3, 0.4) is 0 Å². The Morgan fingerprint density at radius 1 is 1.08 bits per heavy atom. The minimum Gasteiger partial charge on any atom is -0.478 e. The summed E-state index contributed by atoms with van der Waals surface area (Å²) in [5, 5.41) is 16.1. The van der Waals surface area contributed by atoms with E-state index >= 15 is 0 Å². The summed E-state index contributed by atoms with van der Waals surface area (Å²) in [6.45, 7) is 0. The molecule has 4 rings (SSSR count). The van der Waals surface area contributed by atoms with Gasteiger partial charge in [0.15, 0.2) is 0 Å². The molecule has 1 saturated carbocycles. The summed E-state index contributed by atoms with van der Waals surface area (Å²) in [5.41, 5.74) is 1.95. The van der Waals surface area contributed by atoms with Gasteiger partial charge in [-0.1, -0.05) is 43.5 Å². The second kappa shape index (κ2) is 6.11. The number of benzene rings is 2. The Bertz CT molecular complexity index is 892. The molecule has 0 aliphatic heterocycles. The third-order valence-corrected chi connectivity index (χ3v) is 4.98. The van der Waals surface area contributed by atoms with E-state index in [2.05, 4.69) is 5.10 Å². The first kappa shape index (κ1) is 14.9. The van der Waals surface area contributed by atoms with Crippen LogP contribution in [0.5, 0.6) is 0 Å². The van der Waals surface area contributed by atoms with Crippen molar-refractivity contribution in [3.63, 3.8) is 0 Å². The van der Waals surface area contributed by atoms with Crippen molar-refractivity contribution in [3.8, 4) is 11.1 Å². The fourth-order valence-corrected chi connectivity index (χ4v) is 3.68. The molecule has 1 aliphatic rings. The van der Waals surface area contributed by atoms with Crippen molar-refractivity contribution in [2.45, 2.75) is 38.1 Å². The Morgan fingerprint density at radius 3 is 2.50 bits per heavy atom. The zero-order valence-electron chi connectivity index (χ0n) is 13.5. The summed E-state index contributed by atoms with van der Waals surface area (Å²) >= 11 is 0. The standard InChI is InChI=1S/C20H20N2O2/c23-20(24)19-11-15-7-5-4-6-14(15)10-18(19)16-12-21-22(13-16)17-8-2-1-3-9-17/h4-7,10-13,17H,1-3,8-9H2,(H,23,24). The van der Waals surface area contributed by atoms with Gasteiger partial charge < -0.3 is 5.11 Å². The van der Waals surface area contributed by atoms with Crippen LogP contribution in [0.4, 0.5) is 0 Å². The van der Waals surface area contributed by atoms with Gasteiger partial charge in [0.05, 0.1) is 17.8 Å². The third-order valence-electron chi connectivity index (χ3n) is 4.98. The molecule has 0 spiro atoms. The summed E-state index contributed by atoms with van der Waals surface area (Å²) in [5.74, 6) is -0.902. The highest BCUT2D eigenvalue weighted by atomic mass is 16.4. The molecule has 0 amide bonds. The molecule has 2 aromatic carbocycles. The molecule has 24 heavy (non-hydrogen) atoms. The molecule has 1 aliphatic carbocycles. The minimum atomic E-state index is -0.902. The van der Waals surface area contributed by atoms with Crippen LogP contribution in [0.15, 0.2) is 48.8 Å². The van der Waals surface area contributed by atoms with Crippen LogP contribution in [0.25, 0.3) is 21.9 Å². The topological polar surface area (TPSA) is 55.1 Å². The lowest BCUT2D eigenvalue weighted by Crippen LogP contribution is -2.12. The Morgan fingerprint density at radius 2 is 1.79 bits per heavy atom. The van der Waals surface area contributed by atoms with Crippen molar-refractivity contribution in [2.75, 3.05) is 0 Å². The normalized spacial score (nSPS) is 15.7. The van der Waals surface area contributed by atoms with E-state index in [1.807, 2.05) is 41.2 Å². The maximum atomic E-state index is 11.7. The van der Waals surface area contributed by atoms with Crippen LogP contribution in [-0.4, -0.2) is 20.9 Å². The second-order valence-electron chi connectivity index (χ2n) is 6.55. The number of hydrogen-bond acceptors (Lipinski definition) is 2. The summed E-state index contributed by atoms with van der Waals surface area (Å²) < 4.78 is 2.02. The van der Waals surface area contributed by atoms with Crippen molar-refractivity contribution in [2.24, 2.45) is 0 Å². The maximum absolute atomic E-state index is 11.7. The molecule has 0 unspecified atom stereocenters. The molecular weight excluding hydrogens is 300 g/mol. The number of carboxylic acid groups (broad SMARTS) is 1. The molecule has 1 heterocycles. The van der Waals surface area contributed by atoms with Crippen LogP contribution < -0.4 is 0 Å². The predicted octanol–water partition coefficient (Wildman–Crippen LogP) is 4.91. The van der Waals surface area contributed by atoms with E-state index in [9.17, 15) is 9.90 Å². The van der Waals surface area contributed by atoms with Crippen molar-refractivity contribution in [3.05, 3.63) is 54.4 Å². The van der Waals surface area contributed by atoms with E-state index in [-0.39, 0.29) is 0 Å². The second-order valence-corrected chi connectivity index (χ2v) is 6.55. The molecule has 0 atom stereocenters. The van der Waals surface area contributed by atoms with Crippen LogP contribution in [0.1, 0.15) is 48.5 Å². The van der Waals surface area contributed by atoms with E-state index < -0.39 is 5.97 Å². The largest absolute Gasteiger partial charge is 0.478 e. The molecule has 1 aromatic heterocycles. The smallest absolute Gasteiger partial charge is 0.336 e. The van der Waals surface area contributed by atoms with Crippen molar-refractivity contribution >= 4 is 16.7 Å². The first-order valence-electron chi connectivity index (χ1n) is 8.53. The lowest BCUT2D eigenvalue weighted by molar-refractivity contribution is 0.0698. The van der Waals surface area contributed by atoms with Crippen molar-refractivity contribution in [1.29, 1.82) is 0 Å². The Kier molecular flexibility index (Phi) is 3.81. The number of nitrogens with zero attached hydrogens (tertiary/aromatic N) is 2. The Balaban J connectivity index is 1.79. The first-order chi connectivity index (χ1) is 11.7. The molecule has 4 nitrogen and oxygen atoms in total. The number of aromatic nitrogens is 2. The van der Waals surface area contributed by atoms with E-state index in [1.165, 1.54) is 19.3 Å². The summed E-state index contributed by atoms with van der Waals surface area (Å²) in [4.78, 5) is 11.7. The zero-order valence-corrected chi connectivity index (χ0v) is 13.5. The average Bonchev–Trinajstić information content (AvgIpc) is 3.11. The number of aromatic carboxylic acids is 1. The Labute approximate surface area is 140 Å². The van der Waals surface area contributed by atoms with Gasteiger partial charge in [-0.3, -0.25) is 4.68 Å². The minimum absolute atomic E-state index is 0.330. The molecule has 0 saturated heterocycles. The summed E-state index contributed by atoms with van der Waals surface area (Å²) in [6, 6.07) is 12.0. The SMILES string of the molecule is O=C(O)c1cc2ccccc2cc1-c1cnn(C2CCCCC2)c1. The van der Waals surface area contributed by atoms with Crippen molar-refractivity contribution in [1.82, 2.24) is 9.78 Å². The van der Waals surface area contributed by atoms with E-state index in [0.29, 0.717) is 11.6 Å². The van der Waals surface area contributed by atoms with Gasteiger partial charge >= 0.3 is 5.97 Å². The van der Waals surface area contributed by atoms with Crippen LogP contribution in [-0.2, 0) is 0 Å². The molecule has 3 aromatic rings. The van der Waals surface area contributed by atoms with Crippen molar-refractivity contribution < 1.29 is 9.90 Å². The van der Waals surface area contributed by atoms with Gasteiger partial charge in [-0.05, 0) is 41.3 Å². The lowest BCUT2D eigenvalue weighted by atomic mass is 9.95. The molecule has 122 valence electrons. The van der Waals surface area contributed by atoms with Crippen LogP contribution in [0, 0.1) is 0 Å². The zero-order chi connectivity index (χ0) is 16.5. The molecule has 1 N–H and O–H groups in total. The van der Waals surface area contributed by atoms with E-state index in [4.69, 9.17) is 0 Å². The highest BCUT2D eigenvalue weighted by molar-refractivity contribution is 6.02. The van der Waals surface area contributed by atoms with Gasteiger partial charge in [0.25, 0.3) is 0 Å². The average molecular weight is 320 g/mol. The van der Waals surface area contributed by atoms with Crippen LogP contribution in [0.2, 0.25) is 0 Å².